The molecule has 1 aliphatic heterocycles. The van der Waals surface area contributed by atoms with Gasteiger partial charge in [0.15, 0.2) is 0 Å². The van der Waals surface area contributed by atoms with Crippen LogP contribution in [0.2, 0.25) is 0 Å². The zero-order chi connectivity index (χ0) is 14.0. The van der Waals surface area contributed by atoms with E-state index in [4.69, 9.17) is 15.9 Å². The van der Waals surface area contributed by atoms with Crippen molar-refractivity contribution < 1.29 is 4.74 Å². The molecule has 1 aromatic heterocycles. The van der Waals surface area contributed by atoms with Crippen LogP contribution < -0.4 is 10.6 Å². The molecule has 2 rings (SSSR count). The number of anilines is 1. The summed E-state index contributed by atoms with van der Waals surface area (Å²) < 4.78 is 5.57. The third-order valence-electron chi connectivity index (χ3n) is 3.55. The van der Waals surface area contributed by atoms with Gasteiger partial charge in [0, 0.05) is 25.9 Å². The van der Waals surface area contributed by atoms with Crippen LogP contribution in [0.25, 0.3) is 0 Å². The predicted molar refractivity (Wildman–Crippen MR) is 74.6 cm³/mol. The molecular weight excluding hydrogens is 242 g/mol. The molecule has 1 fully saturated rings. The molecule has 6 heteroatoms. The van der Waals surface area contributed by atoms with E-state index in [1.165, 1.54) is 0 Å². The van der Waals surface area contributed by atoms with Crippen LogP contribution in [-0.2, 0) is 4.74 Å². The lowest BCUT2D eigenvalue weighted by molar-refractivity contribution is -0.00499. The largest absolute Gasteiger partial charge is 0.382 e. The van der Waals surface area contributed by atoms with Gasteiger partial charge >= 0.3 is 0 Å². The van der Waals surface area contributed by atoms with E-state index >= 15 is 0 Å². The molecule has 3 N–H and O–H groups in total. The minimum Gasteiger partial charge on any atom is -0.382 e. The first-order chi connectivity index (χ1) is 8.93. The summed E-state index contributed by atoms with van der Waals surface area (Å²) in [6.07, 6.45) is 2.07. The number of hydrogen-bond acceptors (Lipinski definition) is 5. The fourth-order valence-corrected chi connectivity index (χ4v) is 2.38. The average Bonchev–Trinajstić information content (AvgIpc) is 2.38. The maximum Gasteiger partial charge on any atom is 0.226 e. The number of amidine groups is 1. The second-order valence-electron chi connectivity index (χ2n) is 5.29. The maximum atomic E-state index is 7.50. The quantitative estimate of drug-likeness (QED) is 0.629. The molecule has 6 nitrogen and oxygen atoms in total. The lowest BCUT2D eigenvalue weighted by atomic mass is 9.95. The molecule has 0 saturated carbocycles. The fraction of sp³-hybridized carbons (Fsp3) is 0.615. The molecule has 0 amide bonds. The van der Waals surface area contributed by atoms with Gasteiger partial charge < -0.3 is 15.4 Å². The Kier molecular flexibility index (Phi) is 3.71. The van der Waals surface area contributed by atoms with Crippen molar-refractivity contribution in [3.05, 3.63) is 17.5 Å². The molecule has 19 heavy (non-hydrogen) atoms. The molecule has 0 bridgehead atoms. The van der Waals surface area contributed by atoms with Crippen LogP contribution in [0.5, 0.6) is 0 Å². The average molecular weight is 263 g/mol. The zero-order valence-electron chi connectivity index (χ0n) is 11.7. The lowest BCUT2D eigenvalue weighted by Gasteiger charge is -2.39. The summed E-state index contributed by atoms with van der Waals surface area (Å²) >= 11 is 0. The summed E-state index contributed by atoms with van der Waals surface area (Å²) in [7, 11) is 1.74. The SMILES string of the molecule is COC1(C)CCCN(c2nc(C)cc(C(=N)N)n2)C1. The molecule has 2 heterocycles. The van der Waals surface area contributed by atoms with Gasteiger partial charge in [-0.15, -0.1) is 0 Å². The van der Waals surface area contributed by atoms with E-state index in [0.29, 0.717) is 11.6 Å². The monoisotopic (exact) mass is 263 g/mol. The van der Waals surface area contributed by atoms with Crippen LogP contribution in [0, 0.1) is 12.3 Å². The van der Waals surface area contributed by atoms with Crippen molar-refractivity contribution in [3.63, 3.8) is 0 Å². The number of aromatic nitrogens is 2. The van der Waals surface area contributed by atoms with E-state index in [1.807, 2.05) is 6.92 Å². The fourth-order valence-electron chi connectivity index (χ4n) is 2.38. The van der Waals surface area contributed by atoms with E-state index < -0.39 is 0 Å². The first-order valence-electron chi connectivity index (χ1n) is 6.44. The van der Waals surface area contributed by atoms with Gasteiger partial charge in [0.25, 0.3) is 0 Å². The Hall–Kier alpha value is -1.69. The number of hydrogen-bond donors (Lipinski definition) is 2. The number of methoxy groups -OCH3 is 1. The molecule has 0 aromatic carbocycles. The summed E-state index contributed by atoms with van der Waals surface area (Å²) in [6.45, 7) is 5.64. The topological polar surface area (TPSA) is 88.1 Å². The molecule has 0 aliphatic carbocycles. The van der Waals surface area contributed by atoms with Gasteiger partial charge in [0.2, 0.25) is 5.95 Å². The van der Waals surface area contributed by atoms with Crippen LogP contribution in [-0.4, -0.2) is 41.6 Å². The normalized spacial score (nSPS) is 23.4. The van der Waals surface area contributed by atoms with Gasteiger partial charge in [0.1, 0.15) is 11.5 Å². The van der Waals surface area contributed by atoms with Crippen molar-refractivity contribution >= 4 is 11.8 Å². The highest BCUT2D eigenvalue weighted by Gasteiger charge is 2.32. The first kappa shape index (κ1) is 13.7. The first-order valence-corrected chi connectivity index (χ1v) is 6.44. The van der Waals surface area contributed by atoms with Crippen LogP contribution in [0.3, 0.4) is 0 Å². The standard InChI is InChI=1S/C13H21N5O/c1-9-7-10(11(14)15)17-12(16-9)18-6-4-5-13(2,8-18)19-3/h7H,4-6,8H2,1-3H3,(H3,14,15). The highest BCUT2D eigenvalue weighted by molar-refractivity contribution is 5.93. The van der Waals surface area contributed by atoms with Crippen molar-refractivity contribution in [3.8, 4) is 0 Å². The highest BCUT2D eigenvalue weighted by atomic mass is 16.5. The number of nitrogens with two attached hydrogens (primary N) is 1. The van der Waals surface area contributed by atoms with E-state index in [9.17, 15) is 0 Å². The molecule has 0 radical (unpaired) electrons. The van der Waals surface area contributed by atoms with Crippen molar-refractivity contribution in [2.45, 2.75) is 32.3 Å². The Morgan fingerprint density at radius 1 is 1.53 bits per heavy atom. The van der Waals surface area contributed by atoms with Crippen molar-refractivity contribution in [1.29, 1.82) is 5.41 Å². The molecule has 1 atom stereocenters. The Labute approximate surface area is 113 Å². The van der Waals surface area contributed by atoms with Crippen molar-refractivity contribution in [1.82, 2.24) is 9.97 Å². The minimum atomic E-state index is -0.165. The van der Waals surface area contributed by atoms with E-state index in [-0.39, 0.29) is 11.4 Å². The molecule has 1 unspecified atom stereocenters. The summed E-state index contributed by atoms with van der Waals surface area (Å²) in [6, 6.07) is 1.73. The van der Waals surface area contributed by atoms with Gasteiger partial charge in [-0.25, -0.2) is 9.97 Å². The number of nitrogen functional groups attached to an aromatic ring is 1. The van der Waals surface area contributed by atoms with Gasteiger partial charge in [0.05, 0.1) is 5.60 Å². The Balaban J connectivity index is 2.28. The molecule has 104 valence electrons. The molecular formula is C13H21N5O. The number of nitrogens with zero attached hydrogens (tertiary/aromatic N) is 3. The summed E-state index contributed by atoms with van der Waals surface area (Å²) in [4.78, 5) is 10.9. The van der Waals surface area contributed by atoms with E-state index in [0.717, 1.165) is 31.6 Å². The molecule has 1 aliphatic rings. The molecule has 1 saturated heterocycles. The van der Waals surface area contributed by atoms with Gasteiger partial charge in [-0.2, -0.15) is 0 Å². The van der Waals surface area contributed by atoms with E-state index in [2.05, 4.69) is 21.8 Å². The number of ether oxygens (including phenoxy) is 1. The van der Waals surface area contributed by atoms with Crippen LogP contribution in [0.15, 0.2) is 6.07 Å². The molecule has 0 spiro atoms. The highest BCUT2D eigenvalue weighted by Crippen LogP contribution is 2.26. The number of aryl methyl sites for hydroxylation is 1. The number of nitrogens with one attached hydrogen (secondary N) is 1. The summed E-state index contributed by atoms with van der Waals surface area (Å²) in [5.74, 6) is 0.603. The third kappa shape index (κ3) is 3.01. The Bertz CT molecular complexity index is 490. The van der Waals surface area contributed by atoms with E-state index in [1.54, 1.807) is 13.2 Å². The zero-order valence-corrected chi connectivity index (χ0v) is 11.7. The third-order valence-corrected chi connectivity index (χ3v) is 3.55. The minimum absolute atomic E-state index is 0.0294. The predicted octanol–water partition coefficient (Wildman–Crippen LogP) is 1.07. The Morgan fingerprint density at radius 3 is 2.89 bits per heavy atom. The van der Waals surface area contributed by atoms with Crippen molar-refractivity contribution in [2.75, 3.05) is 25.1 Å². The maximum absolute atomic E-state index is 7.50. The smallest absolute Gasteiger partial charge is 0.226 e. The van der Waals surface area contributed by atoms with Crippen LogP contribution in [0.4, 0.5) is 5.95 Å². The van der Waals surface area contributed by atoms with Crippen molar-refractivity contribution in [2.24, 2.45) is 5.73 Å². The number of rotatable bonds is 3. The molecule has 1 aromatic rings. The van der Waals surface area contributed by atoms with Crippen LogP contribution in [0.1, 0.15) is 31.2 Å². The second kappa shape index (κ2) is 5.13. The summed E-state index contributed by atoms with van der Waals surface area (Å²) in [5.41, 5.74) is 6.64. The van der Waals surface area contributed by atoms with Gasteiger partial charge in [-0.05, 0) is 32.8 Å². The summed E-state index contributed by atoms with van der Waals surface area (Å²) in [5, 5.41) is 7.50. The number of piperidine rings is 1. The van der Waals surface area contributed by atoms with Crippen LogP contribution >= 0.6 is 0 Å². The van der Waals surface area contributed by atoms with Gasteiger partial charge in [-0.3, -0.25) is 5.41 Å². The second-order valence-corrected chi connectivity index (χ2v) is 5.29. The van der Waals surface area contributed by atoms with Gasteiger partial charge in [-0.1, -0.05) is 0 Å². The Morgan fingerprint density at radius 2 is 2.26 bits per heavy atom. The lowest BCUT2D eigenvalue weighted by Crippen LogP contribution is -2.48.